The first-order valence-electron chi connectivity index (χ1n) is 6.45. The first kappa shape index (κ1) is 16.2. The Labute approximate surface area is 119 Å². The molecule has 20 heavy (non-hydrogen) atoms. The summed E-state index contributed by atoms with van der Waals surface area (Å²) in [6, 6.07) is 6.98. The maximum Gasteiger partial charge on any atom is 0.310 e. The first-order valence-corrected chi connectivity index (χ1v) is 6.45. The lowest BCUT2D eigenvalue weighted by atomic mass is 9.74. The zero-order valence-corrected chi connectivity index (χ0v) is 12.4. The zero-order valence-electron chi connectivity index (χ0n) is 12.4. The molecular formula is C15H22N2O3. The van der Waals surface area contributed by atoms with Gasteiger partial charge in [-0.15, -0.1) is 0 Å². The number of benzene rings is 1. The van der Waals surface area contributed by atoms with Gasteiger partial charge in [-0.2, -0.15) is 0 Å². The van der Waals surface area contributed by atoms with E-state index >= 15 is 0 Å². The van der Waals surface area contributed by atoms with Crippen LogP contribution in [0.15, 0.2) is 24.3 Å². The molecule has 0 aliphatic rings. The van der Waals surface area contributed by atoms with Gasteiger partial charge in [0.2, 0.25) is 5.91 Å². The van der Waals surface area contributed by atoms with E-state index in [0.29, 0.717) is 12.1 Å². The van der Waals surface area contributed by atoms with Crippen LogP contribution in [0.2, 0.25) is 0 Å². The fourth-order valence-electron chi connectivity index (χ4n) is 1.65. The Morgan fingerprint density at radius 2 is 1.85 bits per heavy atom. The summed E-state index contributed by atoms with van der Waals surface area (Å²) in [6.45, 7) is 7.52. The molecule has 0 fully saturated rings. The van der Waals surface area contributed by atoms with Crippen molar-refractivity contribution in [2.75, 3.05) is 0 Å². The van der Waals surface area contributed by atoms with Crippen LogP contribution in [0.4, 0.5) is 0 Å². The van der Waals surface area contributed by atoms with Crippen LogP contribution in [0.25, 0.3) is 0 Å². The molecule has 5 heteroatoms. The van der Waals surface area contributed by atoms with Crippen molar-refractivity contribution in [1.29, 1.82) is 0 Å². The number of carboxylic acid groups (broad SMARTS) is 1. The standard InChI is InChI=1S/C15H22N2O3/c1-14(2,13(19)20)15(3,4)17-9-10-6-5-7-11(8-10)12(16)18/h5-8,17H,9H2,1-4H3,(H2,16,18)(H,19,20). The third-order valence-electron chi connectivity index (χ3n) is 4.04. The fraction of sp³-hybridized carbons (Fsp3) is 0.467. The van der Waals surface area contributed by atoms with E-state index < -0.39 is 22.8 Å². The van der Waals surface area contributed by atoms with E-state index in [0.717, 1.165) is 5.56 Å². The summed E-state index contributed by atoms with van der Waals surface area (Å²) in [4.78, 5) is 22.4. The molecule has 0 saturated carbocycles. The number of amides is 1. The van der Waals surface area contributed by atoms with E-state index in [-0.39, 0.29) is 0 Å². The van der Waals surface area contributed by atoms with Crippen LogP contribution in [0.1, 0.15) is 43.6 Å². The van der Waals surface area contributed by atoms with E-state index in [9.17, 15) is 14.7 Å². The average Bonchev–Trinajstić information content (AvgIpc) is 2.36. The summed E-state index contributed by atoms with van der Waals surface area (Å²) in [5, 5.41) is 12.5. The number of nitrogens with two attached hydrogens (primary N) is 1. The summed E-state index contributed by atoms with van der Waals surface area (Å²) in [5.41, 5.74) is 5.03. The Morgan fingerprint density at radius 3 is 2.35 bits per heavy atom. The molecule has 1 rings (SSSR count). The highest BCUT2D eigenvalue weighted by atomic mass is 16.4. The number of aliphatic carboxylic acids is 1. The molecule has 0 heterocycles. The second-order valence-electron chi connectivity index (χ2n) is 5.97. The topological polar surface area (TPSA) is 92.4 Å². The molecule has 0 saturated heterocycles. The molecule has 0 bridgehead atoms. The smallest absolute Gasteiger partial charge is 0.310 e. The van der Waals surface area contributed by atoms with Crippen molar-refractivity contribution in [3.63, 3.8) is 0 Å². The van der Waals surface area contributed by atoms with Gasteiger partial charge in [-0.25, -0.2) is 0 Å². The molecule has 5 nitrogen and oxygen atoms in total. The van der Waals surface area contributed by atoms with Crippen molar-refractivity contribution in [1.82, 2.24) is 5.32 Å². The lowest BCUT2D eigenvalue weighted by Crippen LogP contribution is -2.54. The molecule has 0 radical (unpaired) electrons. The highest BCUT2D eigenvalue weighted by molar-refractivity contribution is 5.92. The second-order valence-corrected chi connectivity index (χ2v) is 5.97. The monoisotopic (exact) mass is 278 g/mol. The van der Waals surface area contributed by atoms with E-state index in [1.165, 1.54) is 0 Å². The van der Waals surface area contributed by atoms with Crippen LogP contribution in [0.3, 0.4) is 0 Å². The Morgan fingerprint density at radius 1 is 1.25 bits per heavy atom. The van der Waals surface area contributed by atoms with Gasteiger partial charge < -0.3 is 16.2 Å². The third-order valence-corrected chi connectivity index (χ3v) is 4.04. The van der Waals surface area contributed by atoms with Gasteiger partial charge in [-0.3, -0.25) is 9.59 Å². The van der Waals surface area contributed by atoms with Gasteiger partial charge >= 0.3 is 5.97 Å². The van der Waals surface area contributed by atoms with Crippen molar-refractivity contribution in [2.24, 2.45) is 11.1 Å². The van der Waals surface area contributed by atoms with Crippen molar-refractivity contribution in [3.05, 3.63) is 35.4 Å². The maximum atomic E-state index is 11.3. The average molecular weight is 278 g/mol. The Hall–Kier alpha value is -1.88. The van der Waals surface area contributed by atoms with Crippen molar-refractivity contribution in [2.45, 2.75) is 39.8 Å². The van der Waals surface area contributed by atoms with Crippen LogP contribution in [0, 0.1) is 5.41 Å². The molecule has 0 spiro atoms. The molecule has 110 valence electrons. The zero-order chi connectivity index (χ0) is 15.6. The highest BCUT2D eigenvalue weighted by Crippen LogP contribution is 2.31. The number of hydrogen-bond donors (Lipinski definition) is 3. The summed E-state index contributed by atoms with van der Waals surface area (Å²) in [5.74, 6) is -1.34. The third kappa shape index (κ3) is 3.36. The largest absolute Gasteiger partial charge is 0.481 e. The number of carboxylic acids is 1. The number of carbonyl (C=O) groups excluding carboxylic acids is 1. The van der Waals surface area contributed by atoms with Gasteiger partial charge in [0, 0.05) is 17.6 Å². The van der Waals surface area contributed by atoms with Crippen LogP contribution in [-0.4, -0.2) is 22.5 Å². The van der Waals surface area contributed by atoms with Crippen molar-refractivity contribution < 1.29 is 14.7 Å². The number of rotatable bonds is 6. The van der Waals surface area contributed by atoms with Gasteiger partial charge in [0.25, 0.3) is 0 Å². The van der Waals surface area contributed by atoms with E-state index in [2.05, 4.69) is 5.32 Å². The van der Waals surface area contributed by atoms with Crippen LogP contribution in [-0.2, 0) is 11.3 Å². The quantitative estimate of drug-likeness (QED) is 0.739. The highest BCUT2D eigenvalue weighted by Gasteiger charge is 2.42. The van der Waals surface area contributed by atoms with Crippen LogP contribution < -0.4 is 11.1 Å². The van der Waals surface area contributed by atoms with Gasteiger partial charge in [0.05, 0.1) is 5.41 Å². The molecular weight excluding hydrogens is 256 g/mol. The van der Waals surface area contributed by atoms with Gasteiger partial charge in [-0.05, 0) is 45.4 Å². The molecule has 0 aliphatic carbocycles. The molecule has 0 aliphatic heterocycles. The summed E-state index contributed by atoms with van der Waals surface area (Å²) in [6.07, 6.45) is 0. The minimum Gasteiger partial charge on any atom is -0.481 e. The SMILES string of the molecule is CC(C)(NCc1cccc(C(N)=O)c1)C(C)(C)C(=O)O. The van der Waals surface area contributed by atoms with E-state index in [4.69, 9.17) is 5.73 Å². The van der Waals surface area contributed by atoms with Crippen LogP contribution in [0.5, 0.6) is 0 Å². The number of carbonyl (C=O) groups is 2. The summed E-state index contributed by atoms with van der Waals surface area (Å²) < 4.78 is 0. The fourth-order valence-corrected chi connectivity index (χ4v) is 1.65. The predicted molar refractivity (Wildman–Crippen MR) is 77.3 cm³/mol. The number of hydrogen-bond acceptors (Lipinski definition) is 3. The molecule has 4 N–H and O–H groups in total. The van der Waals surface area contributed by atoms with E-state index in [1.807, 2.05) is 19.9 Å². The lowest BCUT2D eigenvalue weighted by Gasteiger charge is -2.39. The molecule has 1 aromatic carbocycles. The normalized spacial score (nSPS) is 12.2. The van der Waals surface area contributed by atoms with Gasteiger partial charge in [-0.1, -0.05) is 12.1 Å². The van der Waals surface area contributed by atoms with Crippen LogP contribution >= 0.6 is 0 Å². The molecule has 0 aromatic heterocycles. The first-order chi connectivity index (χ1) is 9.08. The molecule has 1 aromatic rings. The van der Waals surface area contributed by atoms with Gasteiger partial charge in [0.15, 0.2) is 0 Å². The Kier molecular flexibility index (Phi) is 4.55. The number of nitrogens with one attached hydrogen (secondary N) is 1. The number of primary amides is 1. The Bertz CT molecular complexity index is 522. The molecule has 1 amide bonds. The Balaban J connectivity index is 2.83. The summed E-state index contributed by atoms with van der Waals surface area (Å²) in [7, 11) is 0. The lowest BCUT2D eigenvalue weighted by molar-refractivity contribution is -0.151. The van der Waals surface area contributed by atoms with Crippen molar-refractivity contribution in [3.8, 4) is 0 Å². The predicted octanol–water partition coefficient (Wildman–Crippen LogP) is 1.76. The molecule has 0 unspecified atom stereocenters. The second kappa shape index (κ2) is 5.63. The minimum absolute atomic E-state index is 0.444. The van der Waals surface area contributed by atoms with Gasteiger partial charge in [0.1, 0.15) is 0 Å². The minimum atomic E-state index is -0.922. The molecule has 0 atom stereocenters. The van der Waals surface area contributed by atoms with E-state index in [1.54, 1.807) is 32.0 Å². The van der Waals surface area contributed by atoms with Crippen molar-refractivity contribution >= 4 is 11.9 Å². The summed E-state index contributed by atoms with van der Waals surface area (Å²) >= 11 is 0. The maximum absolute atomic E-state index is 11.3.